The van der Waals surface area contributed by atoms with Crippen molar-refractivity contribution in [2.45, 2.75) is 57.6 Å². The number of aryl methyl sites for hydroxylation is 1. The van der Waals surface area contributed by atoms with Crippen molar-refractivity contribution in [1.29, 1.82) is 0 Å². The highest BCUT2D eigenvalue weighted by molar-refractivity contribution is 9.10. The number of anilines is 1. The van der Waals surface area contributed by atoms with Crippen LogP contribution in [0.5, 0.6) is 0 Å². The van der Waals surface area contributed by atoms with E-state index in [2.05, 4.69) is 21.2 Å². The van der Waals surface area contributed by atoms with Gasteiger partial charge in [0.2, 0.25) is 11.8 Å². The van der Waals surface area contributed by atoms with E-state index >= 15 is 0 Å². The normalized spacial score (nSPS) is 12.9. The number of sulfonamides is 1. The zero-order valence-electron chi connectivity index (χ0n) is 22.1. The zero-order valence-corrected chi connectivity index (χ0v) is 24.5. The Morgan fingerprint density at radius 3 is 2.24 bits per heavy atom. The van der Waals surface area contributed by atoms with Gasteiger partial charge in [-0.2, -0.15) is 0 Å². The van der Waals surface area contributed by atoms with E-state index in [-0.39, 0.29) is 23.4 Å². The summed E-state index contributed by atoms with van der Waals surface area (Å²) in [5, 5.41) is 2.94. The van der Waals surface area contributed by atoms with Crippen LogP contribution in [0.1, 0.15) is 38.3 Å². The van der Waals surface area contributed by atoms with Gasteiger partial charge < -0.3 is 10.2 Å². The Bertz CT molecular complexity index is 1370. The third-order valence-corrected chi connectivity index (χ3v) is 8.67. The Kier molecular flexibility index (Phi) is 10.1. The number of para-hydroxylation sites is 1. The van der Waals surface area contributed by atoms with Gasteiger partial charge in [0.05, 0.1) is 10.6 Å². The molecule has 0 radical (unpaired) electrons. The van der Waals surface area contributed by atoms with Gasteiger partial charge in [-0.15, -0.1) is 0 Å². The third kappa shape index (κ3) is 7.23. The van der Waals surface area contributed by atoms with Gasteiger partial charge in [0.15, 0.2) is 0 Å². The van der Waals surface area contributed by atoms with Gasteiger partial charge in [0, 0.05) is 17.1 Å². The summed E-state index contributed by atoms with van der Waals surface area (Å²) in [6.07, 6.45) is 0.744. The zero-order chi connectivity index (χ0) is 27.9. The Hall–Kier alpha value is -3.17. The molecule has 0 heterocycles. The van der Waals surface area contributed by atoms with Crippen LogP contribution in [-0.4, -0.2) is 43.8 Å². The molecule has 0 spiro atoms. The Morgan fingerprint density at radius 2 is 1.61 bits per heavy atom. The summed E-state index contributed by atoms with van der Waals surface area (Å²) in [6, 6.07) is 21.7. The molecule has 9 heteroatoms. The smallest absolute Gasteiger partial charge is 0.264 e. The number of hydrogen-bond acceptors (Lipinski definition) is 4. The summed E-state index contributed by atoms with van der Waals surface area (Å²) in [5.41, 5.74) is 1.92. The molecule has 0 aromatic heterocycles. The number of nitrogens with one attached hydrogen (secondary N) is 1. The molecule has 0 saturated carbocycles. The second-order valence-electron chi connectivity index (χ2n) is 9.26. The second kappa shape index (κ2) is 13.1. The topological polar surface area (TPSA) is 86.8 Å². The molecule has 0 unspecified atom stereocenters. The van der Waals surface area contributed by atoms with Crippen molar-refractivity contribution in [3.63, 3.8) is 0 Å². The first-order chi connectivity index (χ1) is 18.0. The summed E-state index contributed by atoms with van der Waals surface area (Å²) in [7, 11) is -4.08. The molecule has 0 bridgehead atoms. The van der Waals surface area contributed by atoms with Crippen LogP contribution in [0.2, 0.25) is 0 Å². The first-order valence-electron chi connectivity index (χ1n) is 12.5. The van der Waals surface area contributed by atoms with Crippen molar-refractivity contribution in [2.24, 2.45) is 0 Å². The van der Waals surface area contributed by atoms with E-state index in [1.54, 1.807) is 50.2 Å². The molecule has 0 aliphatic rings. The lowest BCUT2D eigenvalue weighted by molar-refractivity contribution is -0.139. The fourth-order valence-electron chi connectivity index (χ4n) is 3.96. The highest BCUT2D eigenvalue weighted by atomic mass is 79.9. The summed E-state index contributed by atoms with van der Waals surface area (Å²) in [6.45, 7) is 7.01. The average molecular weight is 601 g/mol. The lowest BCUT2D eigenvalue weighted by Gasteiger charge is -2.33. The fraction of sp³-hybridized carbons (Fsp3) is 0.310. The van der Waals surface area contributed by atoms with E-state index in [0.29, 0.717) is 11.3 Å². The molecular formula is C29H34BrN3O4S. The van der Waals surface area contributed by atoms with E-state index in [1.807, 2.05) is 44.2 Å². The molecule has 0 saturated heterocycles. The van der Waals surface area contributed by atoms with Gasteiger partial charge in [-0.3, -0.25) is 13.9 Å². The van der Waals surface area contributed by atoms with Crippen molar-refractivity contribution in [2.75, 3.05) is 10.8 Å². The van der Waals surface area contributed by atoms with Gasteiger partial charge in [0.25, 0.3) is 10.0 Å². The number of hydrogen-bond donors (Lipinski definition) is 1. The minimum Gasteiger partial charge on any atom is -0.352 e. The van der Waals surface area contributed by atoms with Crippen LogP contribution in [0.4, 0.5) is 5.69 Å². The lowest BCUT2D eigenvalue weighted by Crippen LogP contribution is -2.52. The van der Waals surface area contributed by atoms with Crippen molar-refractivity contribution < 1.29 is 18.0 Å². The Labute approximate surface area is 234 Å². The third-order valence-electron chi connectivity index (χ3n) is 6.40. The first-order valence-corrected chi connectivity index (χ1v) is 14.8. The number of benzene rings is 3. The van der Waals surface area contributed by atoms with Gasteiger partial charge in [-0.25, -0.2) is 8.42 Å². The minimum absolute atomic E-state index is 0.0605. The highest BCUT2D eigenvalue weighted by Gasteiger charge is 2.33. The maximum atomic E-state index is 13.9. The summed E-state index contributed by atoms with van der Waals surface area (Å²) >= 11 is 3.46. The standard InChI is InChI=1S/C29H34BrN3O4S/c1-5-22(3)31-29(35)23(4)32(19-24-13-11-14-25(30)18-24)28(34)20-33(27-17-10-9-12-21(27)2)38(36,37)26-15-7-6-8-16-26/h6-18,22-23H,5,19-20H2,1-4H3,(H,31,35)/t22-,23-/m0/s1. The predicted octanol–water partition coefficient (Wildman–Crippen LogP) is 5.28. The highest BCUT2D eigenvalue weighted by Crippen LogP contribution is 2.27. The number of rotatable bonds is 11. The Balaban J connectivity index is 2.03. The van der Waals surface area contributed by atoms with Gasteiger partial charge >= 0.3 is 0 Å². The van der Waals surface area contributed by atoms with Crippen LogP contribution in [0.3, 0.4) is 0 Å². The van der Waals surface area contributed by atoms with Crippen molar-refractivity contribution in [3.8, 4) is 0 Å². The lowest BCUT2D eigenvalue weighted by atomic mass is 10.1. The van der Waals surface area contributed by atoms with Crippen LogP contribution >= 0.6 is 15.9 Å². The first kappa shape index (κ1) is 29.4. The van der Waals surface area contributed by atoms with Crippen LogP contribution in [-0.2, 0) is 26.2 Å². The monoisotopic (exact) mass is 599 g/mol. The molecule has 38 heavy (non-hydrogen) atoms. The molecule has 2 atom stereocenters. The van der Waals surface area contributed by atoms with Crippen molar-refractivity contribution in [1.82, 2.24) is 10.2 Å². The van der Waals surface area contributed by atoms with Gasteiger partial charge in [0.1, 0.15) is 12.6 Å². The van der Waals surface area contributed by atoms with E-state index < -0.39 is 28.5 Å². The van der Waals surface area contributed by atoms with Crippen LogP contribution < -0.4 is 9.62 Å². The van der Waals surface area contributed by atoms with E-state index in [9.17, 15) is 18.0 Å². The quantitative estimate of drug-likeness (QED) is 0.324. The summed E-state index contributed by atoms with van der Waals surface area (Å²) < 4.78 is 29.6. The van der Waals surface area contributed by atoms with E-state index in [1.165, 1.54) is 17.0 Å². The average Bonchev–Trinajstić information content (AvgIpc) is 2.90. The molecule has 3 rings (SSSR count). The molecule has 0 fully saturated rings. The van der Waals surface area contributed by atoms with Crippen LogP contribution in [0.15, 0.2) is 88.2 Å². The minimum atomic E-state index is -4.08. The summed E-state index contributed by atoms with van der Waals surface area (Å²) in [4.78, 5) is 28.5. The van der Waals surface area contributed by atoms with Crippen LogP contribution in [0.25, 0.3) is 0 Å². The molecule has 1 N–H and O–H groups in total. The molecule has 0 aliphatic heterocycles. The molecular weight excluding hydrogens is 566 g/mol. The van der Waals surface area contributed by atoms with E-state index in [0.717, 1.165) is 20.8 Å². The maximum Gasteiger partial charge on any atom is 0.264 e. The van der Waals surface area contributed by atoms with Crippen LogP contribution in [0, 0.1) is 6.92 Å². The largest absolute Gasteiger partial charge is 0.352 e. The van der Waals surface area contributed by atoms with Gasteiger partial charge in [-0.05, 0) is 68.7 Å². The molecule has 7 nitrogen and oxygen atoms in total. The fourth-order valence-corrected chi connectivity index (χ4v) is 5.90. The molecule has 0 aliphatic carbocycles. The molecule has 3 aromatic rings. The number of halogens is 1. The molecule has 3 aromatic carbocycles. The molecule has 202 valence electrons. The predicted molar refractivity (Wildman–Crippen MR) is 154 cm³/mol. The SMILES string of the molecule is CC[C@H](C)NC(=O)[C@H](C)N(Cc1cccc(Br)c1)C(=O)CN(c1ccccc1C)S(=O)(=O)c1ccccc1. The number of amides is 2. The number of carbonyl (C=O) groups excluding carboxylic acids is 2. The second-order valence-corrected chi connectivity index (χ2v) is 12.0. The number of nitrogens with zero attached hydrogens (tertiary/aromatic N) is 2. The summed E-state index contributed by atoms with van der Waals surface area (Å²) in [5.74, 6) is -0.782. The number of carbonyl (C=O) groups is 2. The Morgan fingerprint density at radius 1 is 0.947 bits per heavy atom. The van der Waals surface area contributed by atoms with E-state index in [4.69, 9.17) is 0 Å². The maximum absolute atomic E-state index is 13.9. The van der Waals surface area contributed by atoms with Gasteiger partial charge in [-0.1, -0.05) is 71.4 Å². The van der Waals surface area contributed by atoms with Crippen molar-refractivity contribution >= 4 is 43.5 Å². The molecule has 2 amide bonds. The van der Waals surface area contributed by atoms with Crippen molar-refractivity contribution in [3.05, 3.63) is 94.5 Å².